The van der Waals surface area contributed by atoms with E-state index in [1.807, 2.05) is 0 Å². The van der Waals surface area contributed by atoms with Gasteiger partial charge in [0, 0.05) is 22.5 Å². The van der Waals surface area contributed by atoms with Crippen molar-refractivity contribution in [3.63, 3.8) is 0 Å². The number of fused-ring (bicyclic) bond motifs is 1. The zero-order valence-corrected chi connectivity index (χ0v) is 33.3. The molecule has 0 aliphatic heterocycles. The lowest BCUT2D eigenvalue weighted by Gasteiger charge is -2.14. The second-order valence-corrected chi connectivity index (χ2v) is 17.3. The van der Waals surface area contributed by atoms with Crippen LogP contribution >= 0.6 is 24.4 Å². The lowest BCUT2D eigenvalue weighted by Crippen LogP contribution is -2.13. The normalized spacial score (nSPS) is 12.5. The summed E-state index contributed by atoms with van der Waals surface area (Å²) in [6, 6.07) is 12.3. The number of rotatable bonds is 20. The third-order valence-electron chi connectivity index (χ3n) is 7.24. The Labute approximate surface area is 344 Å². The van der Waals surface area contributed by atoms with Crippen molar-refractivity contribution < 1.29 is 81.7 Å². The lowest BCUT2D eigenvalue weighted by molar-refractivity contribution is -0.434. The van der Waals surface area contributed by atoms with Gasteiger partial charge in [0.05, 0.1) is 45.6 Å². The van der Waals surface area contributed by atoms with Crippen molar-refractivity contribution in [2.45, 2.75) is 14.7 Å². The summed E-state index contributed by atoms with van der Waals surface area (Å²) in [7, 11) is -13.5. The number of anilines is 3. The minimum absolute atomic E-state index is 0.0404. The molecule has 0 amide bonds. The fourth-order valence-electron chi connectivity index (χ4n) is 4.79. The first-order chi connectivity index (χ1) is 28.4. The molecule has 60 heavy (non-hydrogen) atoms. The van der Waals surface area contributed by atoms with Crippen LogP contribution in [0.15, 0.2) is 102 Å². The van der Waals surface area contributed by atoms with Crippen LogP contribution in [-0.4, -0.2) is 78.2 Å². The van der Waals surface area contributed by atoms with Gasteiger partial charge in [-0.2, -0.15) is 40.7 Å². The fourth-order valence-corrected chi connectivity index (χ4v) is 7.63. The van der Waals surface area contributed by atoms with Gasteiger partial charge in [-0.25, -0.2) is 18.9 Å². The van der Waals surface area contributed by atoms with Crippen LogP contribution in [0.3, 0.4) is 0 Å². The molecule has 0 spiro atoms. The molecule has 5 aromatic rings. The van der Waals surface area contributed by atoms with Gasteiger partial charge in [-0.1, -0.05) is 10.1 Å². The Morgan fingerprint density at radius 1 is 0.783 bits per heavy atom. The Morgan fingerprint density at radius 3 is 2.17 bits per heavy atom. The average Bonchev–Trinajstić information content (AvgIpc) is 3.17. The van der Waals surface area contributed by atoms with Crippen molar-refractivity contribution in [1.29, 1.82) is 0 Å². The number of azo groups is 2. The first kappa shape index (κ1) is 45.9. The van der Waals surface area contributed by atoms with E-state index in [1.54, 1.807) is 0 Å². The van der Waals surface area contributed by atoms with E-state index >= 15 is 0 Å². The van der Waals surface area contributed by atoms with Crippen molar-refractivity contribution in [3.8, 4) is 5.75 Å². The van der Waals surface area contributed by atoms with E-state index in [0.29, 0.717) is 0 Å². The Balaban J connectivity index is 1.57. The molecule has 24 nitrogen and oxygen atoms in total. The summed E-state index contributed by atoms with van der Waals surface area (Å²) in [5.41, 5.74) is -1.36. The molecule has 1 heterocycles. The summed E-state index contributed by atoms with van der Waals surface area (Å²) >= 11 is 0.411. The van der Waals surface area contributed by atoms with Crippen LogP contribution in [-0.2, 0) is 53.0 Å². The highest BCUT2D eigenvalue weighted by Crippen LogP contribution is 2.48. The summed E-state index contributed by atoms with van der Waals surface area (Å²) in [4.78, 5) is 5.04. The molecule has 0 unspecified atom stereocenters. The molecular weight excluding hydrogens is 915 g/mol. The molecule has 7 N–H and O–H groups in total. The topological polar surface area (TPSA) is 349 Å². The van der Waals surface area contributed by atoms with Crippen LogP contribution in [0.25, 0.3) is 10.8 Å². The van der Waals surface area contributed by atoms with E-state index in [9.17, 15) is 48.2 Å². The van der Waals surface area contributed by atoms with E-state index in [1.165, 1.54) is 42.5 Å². The molecule has 0 radical (unpaired) electrons. The predicted octanol–water partition coefficient (Wildman–Crippen LogP) is 6.89. The third-order valence-corrected chi connectivity index (χ3v) is 11.3. The summed E-state index contributed by atoms with van der Waals surface area (Å²) in [6.07, 6.45) is -1.42. The van der Waals surface area contributed by atoms with Crippen molar-refractivity contribution >= 4 is 105 Å². The van der Waals surface area contributed by atoms with Gasteiger partial charge in [0.25, 0.3) is 20.2 Å². The minimum atomic E-state index is -5.00. The van der Waals surface area contributed by atoms with E-state index in [4.69, 9.17) is 14.7 Å². The quantitative estimate of drug-likeness (QED) is 0.00610. The first-order valence-corrected chi connectivity index (χ1v) is 21.7. The van der Waals surface area contributed by atoms with Gasteiger partial charge in [-0.05, 0) is 60.7 Å². The molecular formula is C29H24F2N8O16S5. The minimum Gasteiger partial charge on any atom is -0.505 e. The largest absolute Gasteiger partial charge is 0.505 e. The van der Waals surface area contributed by atoms with Gasteiger partial charge < -0.3 is 15.7 Å². The maximum atomic E-state index is 13.7. The van der Waals surface area contributed by atoms with Crippen LogP contribution < -0.4 is 10.6 Å². The van der Waals surface area contributed by atoms with E-state index in [-0.39, 0.29) is 74.3 Å². The molecule has 320 valence electrons. The van der Waals surface area contributed by atoms with Gasteiger partial charge in [0.2, 0.25) is 5.95 Å². The number of benzene rings is 4. The van der Waals surface area contributed by atoms with Gasteiger partial charge in [0.1, 0.15) is 33.7 Å². The van der Waals surface area contributed by atoms with Crippen molar-refractivity contribution in [1.82, 2.24) is 9.97 Å². The first-order valence-electron chi connectivity index (χ1n) is 15.6. The number of aromatic hydroxyl groups is 1. The molecule has 0 fully saturated rings. The van der Waals surface area contributed by atoms with Crippen LogP contribution in [0, 0.1) is 12.0 Å². The Hall–Kier alpha value is -5.13. The van der Waals surface area contributed by atoms with Crippen LogP contribution in [0.1, 0.15) is 0 Å². The standard InChI is InChI=1S/C29H24F2N8O16S5/c30-24-13-25(35-29(31)34-24)33-16-3-8-23(60(48,49)50)21(11-16)37-39-27-22(56-54-52-41)12-19-18(28(27)40)6-7-20(32-14-59(45,46)47)26(19)38-36-15-1-4-17(5-2-15)58(43,44)10-9-51-57-55-53-42/h1-8,11-13,32,40-42H,9-10,14H2,(H,33,34,35)(H,45,46,47)(H,48,49,50)/b38-36+,39-37+. The molecule has 4 aromatic carbocycles. The zero-order chi connectivity index (χ0) is 43.7. The second kappa shape index (κ2) is 20.0. The molecule has 5 rings (SSSR count). The summed E-state index contributed by atoms with van der Waals surface area (Å²) < 4.78 is 133. The third kappa shape index (κ3) is 12.5. The van der Waals surface area contributed by atoms with Crippen molar-refractivity contribution in [2.75, 3.05) is 28.9 Å². The Morgan fingerprint density at radius 2 is 1.50 bits per heavy atom. The molecule has 31 heteroatoms. The van der Waals surface area contributed by atoms with E-state index < -0.39 is 81.6 Å². The highest BCUT2D eigenvalue weighted by molar-refractivity contribution is 7.94. The highest BCUT2D eigenvalue weighted by atomic mass is 32.2. The molecule has 0 aliphatic rings. The SMILES string of the molecule is O=S(=O)(O)CNc1ccc2c(O)c(/N=N/c3cc(Nc4cc(F)nc(F)n4)ccc3S(=O)(=O)O)c(SOOO)cc2c1/N=N/c1ccc(S(=O)(=O)CCOSOOO)cc1. The number of sulfone groups is 1. The van der Waals surface area contributed by atoms with E-state index in [2.05, 4.69) is 59.8 Å². The smallest absolute Gasteiger partial charge is 0.313 e. The van der Waals surface area contributed by atoms with Gasteiger partial charge >= 0.3 is 6.08 Å². The van der Waals surface area contributed by atoms with E-state index in [0.717, 1.165) is 24.3 Å². The summed E-state index contributed by atoms with van der Waals surface area (Å²) in [6.45, 7) is -0.350. The molecule has 1 aromatic heterocycles. The monoisotopic (exact) mass is 938 g/mol. The maximum absolute atomic E-state index is 13.7. The average molecular weight is 939 g/mol. The molecule has 0 saturated heterocycles. The number of nitrogens with zero attached hydrogens (tertiary/aromatic N) is 6. The van der Waals surface area contributed by atoms with Crippen molar-refractivity contribution in [3.05, 3.63) is 78.8 Å². The van der Waals surface area contributed by atoms with Crippen molar-refractivity contribution in [2.24, 2.45) is 20.5 Å². The Bertz CT molecular complexity index is 2750. The van der Waals surface area contributed by atoms with Crippen LogP contribution in [0.5, 0.6) is 5.75 Å². The van der Waals surface area contributed by atoms with Gasteiger partial charge in [0.15, 0.2) is 27.9 Å². The lowest BCUT2D eigenvalue weighted by atomic mass is 10.1. The Kier molecular flexibility index (Phi) is 15.3. The highest BCUT2D eigenvalue weighted by Gasteiger charge is 2.22. The predicted molar refractivity (Wildman–Crippen MR) is 203 cm³/mol. The summed E-state index contributed by atoms with van der Waals surface area (Å²) in [5.74, 6) is -3.87. The molecule has 0 atom stereocenters. The maximum Gasteiger partial charge on any atom is 0.313 e. The number of phenols is 1. The van der Waals surface area contributed by atoms with Gasteiger partial charge in [-0.15, -0.1) is 24.0 Å². The number of aromatic nitrogens is 2. The summed E-state index contributed by atoms with van der Waals surface area (Å²) in [5, 5.41) is 56.4. The number of hydrogen-bond acceptors (Lipinski definition) is 24. The van der Waals surface area contributed by atoms with Crippen LogP contribution in [0.2, 0.25) is 0 Å². The van der Waals surface area contributed by atoms with Crippen LogP contribution in [0.4, 0.5) is 48.7 Å². The molecule has 0 aliphatic carbocycles. The number of halogens is 2. The molecule has 0 bridgehead atoms. The fraction of sp³-hybridized carbons (Fsp3) is 0.103. The second-order valence-electron chi connectivity index (χ2n) is 11.1. The van der Waals surface area contributed by atoms with Gasteiger partial charge in [-0.3, -0.25) is 13.3 Å². The number of nitrogens with one attached hydrogen (secondary N) is 2. The number of phenolic OH excluding ortho intramolecular Hbond substituents is 1. The molecule has 0 saturated carbocycles. The number of hydrogen-bond donors (Lipinski definition) is 7. The zero-order valence-electron chi connectivity index (χ0n) is 29.2.